The zero-order valence-corrected chi connectivity index (χ0v) is 9.68. The van der Waals surface area contributed by atoms with Gasteiger partial charge in [-0.05, 0) is 0 Å². The molecule has 0 fully saturated rings. The molecule has 0 bridgehead atoms. The lowest BCUT2D eigenvalue weighted by Crippen LogP contribution is -2.30. The van der Waals surface area contributed by atoms with E-state index in [0.717, 1.165) is 4.90 Å². The molecule has 0 heterocycles. The number of nitro benzene ring substituents is 1. The minimum absolute atomic E-state index is 0.101. The highest BCUT2D eigenvalue weighted by molar-refractivity contribution is 5.76. The Labute approximate surface area is 106 Å². The molecule has 0 unspecified atom stereocenters. The Morgan fingerprint density at radius 2 is 2.16 bits per heavy atom. The number of hydrogen-bond donors (Lipinski definition) is 1. The Kier molecular flexibility index (Phi) is 4.51. The van der Waals surface area contributed by atoms with Gasteiger partial charge in [-0.1, -0.05) is 6.08 Å². The van der Waals surface area contributed by atoms with Crippen molar-refractivity contribution in [2.24, 2.45) is 0 Å². The SMILES string of the molecule is C=CCN(CC(=O)O)c1cc(F)cc(F)c1[N+](=O)[O-]. The van der Waals surface area contributed by atoms with E-state index < -0.39 is 40.4 Å². The molecule has 0 amide bonds. The predicted octanol–water partition coefficient (Wildman–Crippen LogP) is 1.95. The first kappa shape index (κ1) is 14.6. The Morgan fingerprint density at radius 3 is 2.63 bits per heavy atom. The second kappa shape index (κ2) is 5.89. The van der Waals surface area contributed by atoms with Gasteiger partial charge in [0.15, 0.2) is 0 Å². The molecule has 102 valence electrons. The maximum atomic E-state index is 13.4. The number of carboxylic acids is 1. The van der Waals surface area contributed by atoms with Crippen molar-refractivity contribution < 1.29 is 23.6 Å². The van der Waals surface area contributed by atoms with Crippen molar-refractivity contribution in [3.8, 4) is 0 Å². The van der Waals surface area contributed by atoms with Crippen molar-refractivity contribution in [2.75, 3.05) is 18.0 Å². The van der Waals surface area contributed by atoms with Crippen LogP contribution in [-0.2, 0) is 4.79 Å². The van der Waals surface area contributed by atoms with Crippen LogP contribution in [0.25, 0.3) is 0 Å². The van der Waals surface area contributed by atoms with E-state index in [4.69, 9.17) is 5.11 Å². The summed E-state index contributed by atoms with van der Waals surface area (Å²) in [6, 6.07) is 1.09. The first-order chi connectivity index (χ1) is 8.86. The van der Waals surface area contributed by atoms with Crippen LogP contribution in [0, 0.1) is 21.7 Å². The molecule has 19 heavy (non-hydrogen) atoms. The number of aliphatic carboxylic acids is 1. The summed E-state index contributed by atoms with van der Waals surface area (Å²) < 4.78 is 26.6. The minimum atomic E-state index is -1.36. The summed E-state index contributed by atoms with van der Waals surface area (Å²) in [7, 11) is 0. The Bertz CT molecular complexity index is 534. The lowest BCUT2D eigenvalue weighted by molar-refractivity contribution is -0.386. The Balaban J connectivity index is 3.38. The molecule has 1 rings (SSSR count). The number of rotatable bonds is 6. The lowest BCUT2D eigenvalue weighted by Gasteiger charge is -2.20. The van der Waals surface area contributed by atoms with Gasteiger partial charge >= 0.3 is 11.7 Å². The first-order valence-electron chi connectivity index (χ1n) is 5.08. The fourth-order valence-electron chi connectivity index (χ4n) is 1.54. The number of hydrogen-bond acceptors (Lipinski definition) is 4. The summed E-state index contributed by atoms with van der Waals surface area (Å²) in [6.07, 6.45) is 1.27. The fourth-order valence-corrected chi connectivity index (χ4v) is 1.54. The third-order valence-electron chi connectivity index (χ3n) is 2.21. The smallest absolute Gasteiger partial charge is 0.328 e. The third-order valence-corrected chi connectivity index (χ3v) is 2.21. The standard InChI is InChI=1S/C11H10F2N2O4/c1-2-3-14(6-10(16)17)9-5-7(12)4-8(13)11(9)15(18)19/h2,4-5H,1,3,6H2,(H,16,17). The molecule has 1 aromatic rings. The van der Waals surface area contributed by atoms with Crippen molar-refractivity contribution >= 4 is 17.3 Å². The lowest BCUT2D eigenvalue weighted by atomic mass is 10.2. The summed E-state index contributed by atoms with van der Waals surface area (Å²) in [5.41, 5.74) is -1.41. The summed E-state index contributed by atoms with van der Waals surface area (Å²) in [6.45, 7) is 2.62. The van der Waals surface area contributed by atoms with E-state index in [9.17, 15) is 23.7 Å². The monoisotopic (exact) mass is 272 g/mol. The van der Waals surface area contributed by atoms with Gasteiger partial charge in [0, 0.05) is 18.7 Å². The van der Waals surface area contributed by atoms with Crippen molar-refractivity contribution in [3.63, 3.8) is 0 Å². The van der Waals surface area contributed by atoms with E-state index in [-0.39, 0.29) is 6.54 Å². The number of carboxylic acid groups (broad SMARTS) is 1. The van der Waals surface area contributed by atoms with E-state index in [1.807, 2.05) is 0 Å². The quantitative estimate of drug-likeness (QED) is 0.486. The van der Waals surface area contributed by atoms with Gasteiger partial charge in [-0.15, -0.1) is 6.58 Å². The van der Waals surface area contributed by atoms with Gasteiger partial charge in [0.1, 0.15) is 18.0 Å². The van der Waals surface area contributed by atoms with Crippen molar-refractivity contribution in [1.29, 1.82) is 0 Å². The zero-order valence-electron chi connectivity index (χ0n) is 9.68. The van der Waals surface area contributed by atoms with Crippen LogP contribution in [0.1, 0.15) is 0 Å². The molecular formula is C11H10F2N2O4. The van der Waals surface area contributed by atoms with Crippen LogP contribution in [0.5, 0.6) is 0 Å². The maximum Gasteiger partial charge on any atom is 0.328 e. The largest absolute Gasteiger partial charge is 0.480 e. The van der Waals surface area contributed by atoms with Gasteiger partial charge in [-0.2, -0.15) is 4.39 Å². The van der Waals surface area contributed by atoms with E-state index in [0.29, 0.717) is 12.1 Å². The molecular weight excluding hydrogens is 262 g/mol. The van der Waals surface area contributed by atoms with Gasteiger partial charge in [-0.3, -0.25) is 14.9 Å². The third kappa shape index (κ3) is 3.47. The fraction of sp³-hybridized carbons (Fsp3) is 0.182. The van der Waals surface area contributed by atoms with Crippen LogP contribution >= 0.6 is 0 Å². The van der Waals surface area contributed by atoms with Gasteiger partial charge in [0.2, 0.25) is 5.82 Å². The topological polar surface area (TPSA) is 83.7 Å². The van der Waals surface area contributed by atoms with E-state index in [2.05, 4.69) is 6.58 Å². The average Bonchev–Trinajstić information content (AvgIpc) is 2.25. The van der Waals surface area contributed by atoms with E-state index >= 15 is 0 Å². The van der Waals surface area contributed by atoms with Crippen molar-refractivity contribution in [1.82, 2.24) is 0 Å². The number of anilines is 1. The number of benzene rings is 1. The molecule has 0 aliphatic heterocycles. The molecule has 0 saturated heterocycles. The summed E-state index contributed by atoms with van der Waals surface area (Å²) in [5, 5.41) is 19.5. The van der Waals surface area contributed by atoms with Gasteiger partial charge < -0.3 is 10.0 Å². The predicted molar refractivity (Wildman–Crippen MR) is 63.1 cm³/mol. The number of nitro groups is 1. The Morgan fingerprint density at radius 1 is 1.53 bits per heavy atom. The number of nitrogens with zero attached hydrogens (tertiary/aromatic N) is 2. The van der Waals surface area contributed by atoms with Gasteiger partial charge in [0.05, 0.1) is 4.92 Å². The molecule has 0 radical (unpaired) electrons. The maximum absolute atomic E-state index is 13.4. The molecule has 0 aliphatic carbocycles. The van der Waals surface area contributed by atoms with E-state index in [1.165, 1.54) is 6.08 Å². The highest BCUT2D eigenvalue weighted by atomic mass is 19.1. The molecule has 0 spiro atoms. The molecule has 0 aromatic heterocycles. The summed E-state index contributed by atoms with van der Waals surface area (Å²) in [4.78, 5) is 21.4. The Hall–Kier alpha value is -2.51. The van der Waals surface area contributed by atoms with Crippen molar-refractivity contribution in [3.05, 3.63) is 46.5 Å². The molecule has 6 nitrogen and oxygen atoms in total. The normalized spacial score (nSPS) is 10.0. The van der Waals surface area contributed by atoms with Crippen LogP contribution in [0.3, 0.4) is 0 Å². The zero-order chi connectivity index (χ0) is 14.6. The molecule has 1 aromatic carbocycles. The minimum Gasteiger partial charge on any atom is -0.480 e. The summed E-state index contributed by atoms with van der Waals surface area (Å²) >= 11 is 0. The number of halogens is 2. The molecule has 8 heteroatoms. The first-order valence-corrected chi connectivity index (χ1v) is 5.08. The second-order valence-corrected chi connectivity index (χ2v) is 3.58. The van der Waals surface area contributed by atoms with Crippen molar-refractivity contribution in [2.45, 2.75) is 0 Å². The van der Waals surface area contributed by atoms with Crippen LogP contribution in [-0.4, -0.2) is 29.1 Å². The van der Waals surface area contributed by atoms with Crippen LogP contribution in [0.15, 0.2) is 24.8 Å². The van der Waals surface area contributed by atoms with Crippen LogP contribution in [0.2, 0.25) is 0 Å². The van der Waals surface area contributed by atoms with Crippen LogP contribution < -0.4 is 4.90 Å². The van der Waals surface area contributed by atoms with Gasteiger partial charge in [0.25, 0.3) is 0 Å². The highest BCUT2D eigenvalue weighted by Gasteiger charge is 2.26. The molecule has 0 saturated carbocycles. The number of carbonyl (C=O) groups is 1. The molecule has 0 atom stereocenters. The van der Waals surface area contributed by atoms with E-state index in [1.54, 1.807) is 0 Å². The highest BCUT2D eigenvalue weighted by Crippen LogP contribution is 2.31. The summed E-state index contributed by atoms with van der Waals surface area (Å²) in [5.74, 6) is -3.68. The van der Waals surface area contributed by atoms with Crippen LogP contribution in [0.4, 0.5) is 20.2 Å². The second-order valence-electron chi connectivity index (χ2n) is 3.58. The van der Waals surface area contributed by atoms with Gasteiger partial charge in [-0.25, -0.2) is 4.39 Å². The average molecular weight is 272 g/mol. The molecule has 1 N–H and O–H groups in total. The molecule has 0 aliphatic rings.